The van der Waals surface area contributed by atoms with Gasteiger partial charge in [0, 0.05) is 22.0 Å². The molecule has 0 fully saturated rings. The van der Waals surface area contributed by atoms with Crippen LogP contribution in [-0.2, 0) is 0 Å². The van der Waals surface area contributed by atoms with Crippen LogP contribution in [0.1, 0.15) is 5.56 Å². The second kappa shape index (κ2) is 6.92. The molecule has 2 heteroatoms. The monoisotopic (exact) mass is 372 g/mol. The third kappa shape index (κ3) is 2.86. The van der Waals surface area contributed by atoms with E-state index in [2.05, 4.69) is 83.9 Å². The van der Waals surface area contributed by atoms with Crippen molar-refractivity contribution in [2.24, 2.45) is 0 Å². The normalized spacial score (nSPS) is 11.6. The first-order valence-electron chi connectivity index (χ1n) is 9.67. The van der Waals surface area contributed by atoms with Crippen molar-refractivity contribution in [2.45, 2.75) is 0 Å². The number of hydrogen-bond acceptors (Lipinski definition) is 1. The van der Waals surface area contributed by atoms with Crippen molar-refractivity contribution in [3.05, 3.63) is 115 Å². The average Bonchev–Trinajstić information content (AvgIpc) is 3.09. The summed E-state index contributed by atoms with van der Waals surface area (Å²) in [4.78, 5) is 0. The SMILES string of the molecule is C=C/C=C\C(=N)c1ccc2c(c1)c1cc3ccccc3cc1n2-c1ccccc1. The zero-order valence-electron chi connectivity index (χ0n) is 16.0. The quantitative estimate of drug-likeness (QED) is 0.259. The molecule has 0 unspecified atom stereocenters. The van der Waals surface area contributed by atoms with Crippen LogP contribution in [0.15, 0.2) is 110 Å². The predicted molar refractivity (Wildman–Crippen MR) is 124 cm³/mol. The van der Waals surface area contributed by atoms with Crippen molar-refractivity contribution in [1.29, 1.82) is 5.41 Å². The molecule has 29 heavy (non-hydrogen) atoms. The molecule has 0 radical (unpaired) electrons. The standard InChI is InChI=1S/C27H20N2/c1-2-3-13-25(28)21-14-15-26-23(17-21)24-16-19-9-7-8-10-20(19)18-27(24)29(26)22-11-5-4-6-12-22/h2-18,28H,1H2/b13-3-,28-25?. The summed E-state index contributed by atoms with van der Waals surface area (Å²) in [6, 6.07) is 29.7. The van der Waals surface area contributed by atoms with Crippen LogP contribution in [0.3, 0.4) is 0 Å². The minimum Gasteiger partial charge on any atom is -0.309 e. The van der Waals surface area contributed by atoms with Crippen molar-refractivity contribution in [2.75, 3.05) is 0 Å². The van der Waals surface area contributed by atoms with Crippen LogP contribution in [0.2, 0.25) is 0 Å². The number of allylic oxidation sites excluding steroid dienone is 3. The summed E-state index contributed by atoms with van der Waals surface area (Å²) in [6.45, 7) is 3.70. The van der Waals surface area contributed by atoms with E-state index >= 15 is 0 Å². The highest BCUT2D eigenvalue weighted by atomic mass is 15.0. The lowest BCUT2D eigenvalue weighted by Gasteiger charge is -2.08. The van der Waals surface area contributed by atoms with Crippen LogP contribution in [0.5, 0.6) is 0 Å². The lowest BCUT2D eigenvalue weighted by Crippen LogP contribution is -1.95. The van der Waals surface area contributed by atoms with Crippen molar-refractivity contribution in [3.8, 4) is 5.69 Å². The van der Waals surface area contributed by atoms with Gasteiger partial charge in [0.15, 0.2) is 0 Å². The van der Waals surface area contributed by atoms with E-state index in [0.29, 0.717) is 5.71 Å². The molecule has 0 aliphatic carbocycles. The van der Waals surface area contributed by atoms with Gasteiger partial charge >= 0.3 is 0 Å². The van der Waals surface area contributed by atoms with E-state index < -0.39 is 0 Å². The van der Waals surface area contributed by atoms with E-state index in [-0.39, 0.29) is 0 Å². The second-order valence-corrected chi connectivity index (χ2v) is 7.13. The molecule has 1 aromatic heterocycles. The number of rotatable bonds is 4. The Bertz CT molecular complexity index is 1420. The van der Waals surface area contributed by atoms with E-state index in [0.717, 1.165) is 22.2 Å². The summed E-state index contributed by atoms with van der Waals surface area (Å²) in [5, 5.41) is 13.2. The summed E-state index contributed by atoms with van der Waals surface area (Å²) in [5.41, 5.74) is 4.84. The highest BCUT2D eigenvalue weighted by Gasteiger charge is 2.14. The molecule has 0 aliphatic heterocycles. The Hall–Kier alpha value is -3.91. The number of hydrogen-bond donors (Lipinski definition) is 1. The van der Waals surface area contributed by atoms with Gasteiger partial charge in [-0.2, -0.15) is 0 Å². The van der Waals surface area contributed by atoms with Crippen LogP contribution < -0.4 is 0 Å². The van der Waals surface area contributed by atoms with Crippen LogP contribution >= 0.6 is 0 Å². The van der Waals surface area contributed by atoms with Gasteiger partial charge in [0.05, 0.1) is 16.7 Å². The lowest BCUT2D eigenvalue weighted by atomic mass is 10.0. The summed E-state index contributed by atoms with van der Waals surface area (Å²) in [6.07, 6.45) is 5.27. The first kappa shape index (κ1) is 17.2. The van der Waals surface area contributed by atoms with Gasteiger partial charge in [-0.1, -0.05) is 67.3 Å². The molecule has 2 nitrogen and oxygen atoms in total. The van der Waals surface area contributed by atoms with Gasteiger partial charge in [0.2, 0.25) is 0 Å². The largest absolute Gasteiger partial charge is 0.309 e. The Morgan fingerprint density at radius 2 is 1.45 bits per heavy atom. The molecule has 0 saturated heterocycles. The van der Waals surface area contributed by atoms with Crippen LogP contribution in [-0.4, -0.2) is 10.3 Å². The maximum absolute atomic E-state index is 8.38. The summed E-state index contributed by atoms with van der Waals surface area (Å²) < 4.78 is 2.31. The highest BCUT2D eigenvalue weighted by Crippen LogP contribution is 2.35. The van der Waals surface area contributed by atoms with Gasteiger partial charge in [-0.25, -0.2) is 0 Å². The molecule has 0 saturated carbocycles. The highest BCUT2D eigenvalue weighted by molar-refractivity contribution is 6.16. The Kier molecular flexibility index (Phi) is 4.10. The molecule has 0 bridgehead atoms. The van der Waals surface area contributed by atoms with Crippen molar-refractivity contribution in [3.63, 3.8) is 0 Å². The average molecular weight is 372 g/mol. The number of benzene rings is 4. The Labute approximate surface area is 169 Å². The number of fused-ring (bicyclic) bond motifs is 4. The fourth-order valence-electron chi connectivity index (χ4n) is 3.99. The molecule has 0 atom stereocenters. The van der Waals surface area contributed by atoms with E-state index in [1.165, 1.54) is 21.7 Å². The van der Waals surface area contributed by atoms with Crippen molar-refractivity contribution in [1.82, 2.24) is 4.57 Å². The summed E-state index contributed by atoms with van der Waals surface area (Å²) >= 11 is 0. The van der Waals surface area contributed by atoms with Gasteiger partial charge in [-0.3, -0.25) is 0 Å². The fourth-order valence-corrected chi connectivity index (χ4v) is 3.99. The predicted octanol–water partition coefficient (Wildman–Crippen LogP) is 7.05. The summed E-state index contributed by atoms with van der Waals surface area (Å²) in [7, 11) is 0. The zero-order chi connectivity index (χ0) is 19.8. The van der Waals surface area contributed by atoms with E-state index in [1.807, 2.05) is 12.1 Å². The zero-order valence-corrected chi connectivity index (χ0v) is 16.0. The molecule has 5 rings (SSSR count). The minimum atomic E-state index is 0.480. The molecule has 1 N–H and O–H groups in total. The number of nitrogens with zero attached hydrogens (tertiary/aromatic N) is 1. The lowest BCUT2D eigenvalue weighted by molar-refractivity contribution is 1.18. The van der Waals surface area contributed by atoms with Gasteiger partial charge < -0.3 is 9.98 Å². The molecular formula is C27H20N2. The molecule has 4 aromatic carbocycles. The number of nitrogens with one attached hydrogen (secondary N) is 1. The van der Waals surface area contributed by atoms with E-state index in [1.54, 1.807) is 18.2 Å². The Balaban J connectivity index is 1.88. The smallest absolute Gasteiger partial charge is 0.0612 e. The Morgan fingerprint density at radius 1 is 0.759 bits per heavy atom. The Morgan fingerprint density at radius 3 is 2.21 bits per heavy atom. The van der Waals surface area contributed by atoms with Crippen LogP contribution in [0.25, 0.3) is 38.3 Å². The van der Waals surface area contributed by atoms with E-state index in [9.17, 15) is 0 Å². The van der Waals surface area contributed by atoms with Crippen molar-refractivity contribution >= 4 is 38.3 Å². The molecular weight excluding hydrogens is 352 g/mol. The molecule has 5 aromatic rings. The maximum atomic E-state index is 8.38. The van der Waals surface area contributed by atoms with Gasteiger partial charge in [-0.15, -0.1) is 0 Å². The van der Waals surface area contributed by atoms with Gasteiger partial charge in [0.1, 0.15) is 0 Å². The second-order valence-electron chi connectivity index (χ2n) is 7.13. The van der Waals surface area contributed by atoms with Gasteiger partial charge in [-0.05, 0) is 53.2 Å². The van der Waals surface area contributed by atoms with Crippen LogP contribution in [0.4, 0.5) is 0 Å². The summed E-state index contributed by atoms with van der Waals surface area (Å²) in [5.74, 6) is 0. The van der Waals surface area contributed by atoms with Gasteiger partial charge in [0.25, 0.3) is 0 Å². The molecule has 0 aliphatic rings. The minimum absolute atomic E-state index is 0.480. The number of aromatic nitrogens is 1. The molecule has 0 amide bonds. The van der Waals surface area contributed by atoms with E-state index in [4.69, 9.17) is 5.41 Å². The molecule has 138 valence electrons. The first-order valence-corrected chi connectivity index (χ1v) is 9.67. The third-order valence-electron chi connectivity index (χ3n) is 5.36. The molecule has 0 spiro atoms. The maximum Gasteiger partial charge on any atom is 0.0612 e. The third-order valence-corrected chi connectivity index (χ3v) is 5.36. The van der Waals surface area contributed by atoms with Crippen molar-refractivity contribution < 1.29 is 0 Å². The molecule has 1 heterocycles. The number of para-hydroxylation sites is 1. The fraction of sp³-hybridized carbons (Fsp3) is 0. The first-order chi connectivity index (χ1) is 14.3. The van der Waals surface area contributed by atoms with Crippen LogP contribution in [0, 0.1) is 5.41 Å². The topological polar surface area (TPSA) is 28.8 Å².